The summed E-state index contributed by atoms with van der Waals surface area (Å²) in [6.07, 6.45) is 1.87. The first kappa shape index (κ1) is 9.86. The maximum atomic E-state index is 5.87. The SMILES string of the molecule is COc1cccc(CCCN)c1N. The third-order valence-corrected chi connectivity index (χ3v) is 2.03. The van der Waals surface area contributed by atoms with E-state index in [1.807, 2.05) is 18.2 Å². The second kappa shape index (κ2) is 4.72. The van der Waals surface area contributed by atoms with Crippen LogP contribution in [0.2, 0.25) is 0 Å². The van der Waals surface area contributed by atoms with Gasteiger partial charge in [0.1, 0.15) is 5.75 Å². The van der Waals surface area contributed by atoms with Crippen LogP contribution >= 0.6 is 0 Å². The molecule has 0 amide bonds. The summed E-state index contributed by atoms with van der Waals surface area (Å²) >= 11 is 0. The molecule has 1 aromatic carbocycles. The van der Waals surface area contributed by atoms with E-state index in [9.17, 15) is 0 Å². The van der Waals surface area contributed by atoms with Gasteiger partial charge >= 0.3 is 0 Å². The van der Waals surface area contributed by atoms with E-state index < -0.39 is 0 Å². The van der Waals surface area contributed by atoms with Crippen LogP contribution in [0, 0.1) is 0 Å². The Morgan fingerprint density at radius 3 is 2.77 bits per heavy atom. The van der Waals surface area contributed by atoms with Crippen molar-refractivity contribution in [3.63, 3.8) is 0 Å². The normalized spacial score (nSPS) is 10.0. The highest BCUT2D eigenvalue weighted by atomic mass is 16.5. The van der Waals surface area contributed by atoms with Gasteiger partial charge in [0.2, 0.25) is 0 Å². The van der Waals surface area contributed by atoms with E-state index in [0.717, 1.165) is 29.8 Å². The summed E-state index contributed by atoms with van der Waals surface area (Å²) in [7, 11) is 1.62. The number of nitrogen functional groups attached to an aromatic ring is 1. The van der Waals surface area contributed by atoms with Gasteiger partial charge in [0.05, 0.1) is 12.8 Å². The molecule has 72 valence electrons. The Balaban J connectivity index is 2.81. The largest absolute Gasteiger partial charge is 0.495 e. The van der Waals surface area contributed by atoms with E-state index in [2.05, 4.69) is 0 Å². The Morgan fingerprint density at radius 1 is 1.38 bits per heavy atom. The molecule has 0 spiro atoms. The van der Waals surface area contributed by atoms with E-state index >= 15 is 0 Å². The summed E-state index contributed by atoms with van der Waals surface area (Å²) in [5.74, 6) is 0.745. The van der Waals surface area contributed by atoms with Gasteiger partial charge in [-0.15, -0.1) is 0 Å². The predicted molar refractivity (Wildman–Crippen MR) is 54.8 cm³/mol. The lowest BCUT2D eigenvalue weighted by atomic mass is 10.1. The lowest BCUT2D eigenvalue weighted by Gasteiger charge is -2.08. The first-order chi connectivity index (χ1) is 6.29. The van der Waals surface area contributed by atoms with Gasteiger partial charge in [0, 0.05) is 0 Å². The minimum absolute atomic E-state index is 0.691. The smallest absolute Gasteiger partial charge is 0.142 e. The molecule has 0 aliphatic carbocycles. The van der Waals surface area contributed by atoms with Crippen molar-refractivity contribution in [2.45, 2.75) is 12.8 Å². The molecule has 0 saturated heterocycles. The van der Waals surface area contributed by atoms with E-state index in [1.54, 1.807) is 7.11 Å². The fourth-order valence-electron chi connectivity index (χ4n) is 1.28. The fraction of sp³-hybridized carbons (Fsp3) is 0.400. The van der Waals surface area contributed by atoms with Gasteiger partial charge in [0.25, 0.3) is 0 Å². The molecule has 3 heteroatoms. The number of methoxy groups -OCH3 is 1. The van der Waals surface area contributed by atoms with Crippen LogP contribution in [0.1, 0.15) is 12.0 Å². The van der Waals surface area contributed by atoms with E-state index in [1.165, 1.54) is 0 Å². The van der Waals surface area contributed by atoms with Gasteiger partial charge in [0.15, 0.2) is 0 Å². The molecule has 0 bridgehead atoms. The van der Waals surface area contributed by atoms with Gasteiger partial charge < -0.3 is 16.2 Å². The third-order valence-electron chi connectivity index (χ3n) is 2.03. The molecule has 0 atom stereocenters. The van der Waals surface area contributed by atoms with Gasteiger partial charge in [-0.25, -0.2) is 0 Å². The topological polar surface area (TPSA) is 61.3 Å². The number of hydrogen-bond donors (Lipinski definition) is 2. The van der Waals surface area contributed by atoms with Crippen molar-refractivity contribution in [2.75, 3.05) is 19.4 Å². The molecule has 0 unspecified atom stereocenters. The molecular weight excluding hydrogens is 164 g/mol. The van der Waals surface area contributed by atoms with Crippen molar-refractivity contribution in [3.8, 4) is 5.75 Å². The van der Waals surface area contributed by atoms with Crippen molar-refractivity contribution >= 4 is 5.69 Å². The van der Waals surface area contributed by atoms with Crippen molar-refractivity contribution in [2.24, 2.45) is 5.73 Å². The predicted octanol–water partition coefficient (Wildman–Crippen LogP) is 1.17. The van der Waals surface area contributed by atoms with Crippen LogP contribution in [0.3, 0.4) is 0 Å². The molecule has 13 heavy (non-hydrogen) atoms. The minimum Gasteiger partial charge on any atom is -0.495 e. The van der Waals surface area contributed by atoms with E-state index in [-0.39, 0.29) is 0 Å². The number of anilines is 1. The second-order valence-corrected chi connectivity index (χ2v) is 2.93. The van der Waals surface area contributed by atoms with Crippen molar-refractivity contribution < 1.29 is 4.74 Å². The summed E-state index contributed by atoms with van der Waals surface area (Å²) in [6, 6.07) is 5.82. The number of para-hydroxylation sites is 1. The van der Waals surface area contributed by atoms with Crippen LogP contribution < -0.4 is 16.2 Å². The molecule has 0 fully saturated rings. The molecule has 0 aromatic heterocycles. The molecule has 0 radical (unpaired) electrons. The summed E-state index contributed by atoms with van der Waals surface area (Å²) in [5.41, 5.74) is 13.1. The van der Waals surface area contributed by atoms with Crippen LogP contribution in [0.15, 0.2) is 18.2 Å². The zero-order valence-electron chi connectivity index (χ0n) is 7.92. The highest BCUT2D eigenvalue weighted by Crippen LogP contribution is 2.25. The molecule has 1 aromatic rings. The summed E-state index contributed by atoms with van der Waals surface area (Å²) in [5, 5.41) is 0. The number of hydrogen-bond acceptors (Lipinski definition) is 3. The minimum atomic E-state index is 0.691. The first-order valence-electron chi connectivity index (χ1n) is 4.41. The lowest BCUT2D eigenvalue weighted by molar-refractivity contribution is 0.416. The number of nitrogens with two attached hydrogens (primary N) is 2. The monoisotopic (exact) mass is 180 g/mol. The van der Waals surface area contributed by atoms with Crippen LogP contribution in [0.4, 0.5) is 5.69 Å². The van der Waals surface area contributed by atoms with Gasteiger partial charge in [-0.1, -0.05) is 12.1 Å². The zero-order chi connectivity index (χ0) is 9.68. The Bertz CT molecular complexity index is 274. The Morgan fingerprint density at radius 2 is 2.15 bits per heavy atom. The van der Waals surface area contributed by atoms with Crippen molar-refractivity contribution in [1.29, 1.82) is 0 Å². The highest BCUT2D eigenvalue weighted by molar-refractivity contribution is 5.58. The van der Waals surface area contributed by atoms with Crippen LogP contribution in [-0.2, 0) is 6.42 Å². The molecule has 4 N–H and O–H groups in total. The molecule has 0 heterocycles. The fourth-order valence-corrected chi connectivity index (χ4v) is 1.28. The second-order valence-electron chi connectivity index (χ2n) is 2.93. The number of benzene rings is 1. The average molecular weight is 180 g/mol. The first-order valence-corrected chi connectivity index (χ1v) is 4.41. The number of rotatable bonds is 4. The quantitative estimate of drug-likeness (QED) is 0.684. The Hall–Kier alpha value is -1.22. The standard InChI is InChI=1S/C10H16N2O/c1-13-9-6-2-4-8(10(9)12)5-3-7-11/h2,4,6H,3,5,7,11-12H2,1H3. The maximum absolute atomic E-state index is 5.87. The van der Waals surface area contributed by atoms with Crippen molar-refractivity contribution in [3.05, 3.63) is 23.8 Å². The maximum Gasteiger partial charge on any atom is 0.142 e. The van der Waals surface area contributed by atoms with E-state index in [4.69, 9.17) is 16.2 Å². The van der Waals surface area contributed by atoms with Crippen molar-refractivity contribution in [1.82, 2.24) is 0 Å². The molecule has 1 rings (SSSR count). The van der Waals surface area contributed by atoms with Gasteiger partial charge in [-0.2, -0.15) is 0 Å². The average Bonchev–Trinajstić information content (AvgIpc) is 2.16. The van der Waals surface area contributed by atoms with Crippen LogP contribution in [-0.4, -0.2) is 13.7 Å². The summed E-state index contributed by atoms with van der Waals surface area (Å²) in [4.78, 5) is 0. The molecule has 0 aliphatic rings. The molecule has 0 saturated carbocycles. The zero-order valence-corrected chi connectivity index (χ0v) is 7.92. The summed E-state index contributed by atoms with van der Waals surface area (Å²) < 4.78 is 5.11. The number of ether oxygens (including phenoxy) is 1. The number of aryl methyl sites for hydroxylation is 1. The highest BCUT2D eigenvalue weighted by Gasteiger charge is 2.03. The lowest BCUT2D eigenvalue weighted by Crippen LogP contribution is -2.03. The van der Waals surface area contributed by atoms with Gasteiger partial charge in [-0.05, 0) is 31.0 Å². The van der Waals surface area contributed by atoms with Gasteiger partial charge in [-0.3, -0.25) is 0 Å². The van der Waals surface area contributed by atoms with Crippen LogP contribution in [0.25, 0.3) is 0 Å². The van der Waals surface area contributed by atoms with E-state index in [0.29, 0.717) is 6.54 Å². The third kappa shape index (κ3) is 2.36. The van der Waals surface area contributed by atoms with Crippen LogP contribution in [0.5, 0.6) is 5.75 Å². The Kier molecular flexibility index (Phi) is 3.58. The Labute approximate surface area is 78.7 Å². The molecular formula is C10H16N2O. The molecule has 3 nitrogen and oxygen atoms in total. The summed E-state index contributed by atoms with van der Waals surface area (Å²) in [6.45, 7) is 0.691. The molecule has 0 aliphatic heterocycles.